The highest BCUT2D eigenvalue weighted by Crippen LogP contribution is 2.17. The second-order valence-corrected chi connectivity index (χ2v) is 4.11. The number of nitrogens with zero attached hydrogens (tertiary/aromatic N) is 1. The molecule has 2 rings (SSSR count). The Hall–Kier alpha value is -2.85. The largest absolute Gasteiger partial charge is 0.381 e. The van der Waals surface area contributed by atoms with Gasteiger partial charge in [0.1, 0.15) is 11.6 Å². The number of nitrogens with one attached hydrogen (secondary N) is 1. The van der Waals surface area contributed by atoms with E-state index in [0.29, 0.717) is 11.3 Å². The smallest absolute Gasteiger partial charge is 0.132 e. The summed E-state index contributed by atoms with van der Waals surface area (Å²) in [6.07, 6.45) is 5.28. The first-order valence-electron chi connectivity index (χ1n) is 5.82. The summed E-state index contributed by atoms with van der Waals surface area (Å²) in [7, 11) is 0. The highest BCUT2D eigenvalue weighted by Gasteiger charge is 2.11. The summed E-state index contributed by atoms with van der Waals surface area (Å²) in [5.74, 6) is 0.983. The average molecular weight is 268 g/mol. The Balaban J connectivity index is 2.19. The van der Waals surface area contributed by atoms with Crippen LogP contribution in [0.2, 0.25) is 0 Å². The van der Waals surface area contributed by atoms with Gasteiger partial charge >= 0.3 is 0 Å². The van der Waals surface area contributed by atoms with Crippen LogP contribution >= 0.6 is 0 Å². The lowest BCUT2D eigenvalue weighted by molar-refractivity contribution is 0.559. The fourth-order valence-corrected chi connectivity index (χ4v) is 1.75. The van der Waals surface area contributed by atoms with E-state index < -0.39 is 11.6 Å². The van der Waals surface area contributed by atoms with Crippen molar-refractivity contribution in [3.8, 4) is 18.4 Å². The normalized spacial score (nSPS) is 9.60. The van der Waals surface area contributed by atoms with Crippen LogP contribution in [0, 0.1) is 35.3 Å². The van der Waals surface area contributed by atoms with Crippen molar-refractivity contribution in [1.29, 1.82) is 5.26 Å². The van der Waals surface area contributed by atoms with Crippen molar-refractivity contribution in [1.82, 2.24) is 0 Å². The first-order chi connectivity index (χ1) is 9.63. The van der Waals surface area contributed by atoms with Gasteiger partial charge in [-0.3, -0.25) is 0 Å². The number of rotatable bonds is 3. The van der Waals surface area contributed by atoms with Gasteiger partial charge in [0.25, 0.3) is 0 Å². The van der Waals surface area contributed by atoms with Gasteiger partial charge in [0.15, 0.2) is 0 Å². The van der Waals surface area contributed by atoms with E-state index in [9.17, 15) is 8.78 Å². The zero-order valence-corrected chi connectivity index (χ0v) is 10.5. The van der Waals surface area contributed by atoms with E-state index in [1.165, 1.54) is 0 Å². The van der Waals surface area contributed by atoms with Gasteiger partial charge in [0.05, 0.1) is 11.6 Å². The van der Waals surface area contributed by atoms with Crippen molar-refractivity contribution < 1.29 is 8.78 Å². The first kappa shape index (κ1) is 13.6. The lowest BCUT2D eigenvalue weighted by Crippen LogP contribution is -2.05. The molecule has 0 spiro atoms. The Morgan fingerprint density at radius 3 is 2.40 bits per heavy atom. The number of hydrogen-bond acceptors (Lipinski definition) is 2. The van der Waals surface area contributed by atoms with E-state index in [0.717, 1.165) is 12.1 Å². The van der Waals surface area contributed by atoms with Gasteiger partial charge in [-0.05, 0) is 30.3 Å². The van der Waals surface area contributed by atoms with Crippen LogP contribution in [0.3, 0.4) is 0 Å². The predicted molar refractivity (Wildman–Crippen MR) is 72.8 cm³/mol. The van der Waals surface area contributed by atoms with Gasteiger partial charge in [-0.25, -0.2) is 8.78 Å². The van der Waals surface area contributed by atoms with E-state index >= 15 is 0 Å². The van der Waals surface area contributed by atoms with E-state index in [4.69, 9.17) is 11.7 Å². The summed E-state index contributed by atoms with van der Waals surface area (Å²) < 4.78 is 27.4. The van der Waals surface area contributed by atoms with E-state index in [1.807, 2.05) is 0 Å². The van der Waals surface area contributed by atoms with Gasteiger partial charge in [-0.1, -0.05) is 12.0 Å². The highest BCUT2D eigenvalue weighted by molar-refractivity contribution is 5.50. The maximum Gasteiger partial charge on any atom is 0.132 e. The Labute approximate surface area is 115 Å². The third-order valence-electron chi connectivity index (χ3n) is 2.77. The molecule has 0 unspecified atom stereocenters. The highest BCUT2D eigenvalue weighted by atomic mass is 19.1. The summed E-state index contributed by atoms with van der Waals surface area (Å²) in [5, 5.41) is 11.5. The summed E-state index contributed by atoms with van der Waals surface area (Å²) in [6.45, 7) is -0.0304. The predicted octanol–water partition coefficient (Wildman–Crippen LogP) is 3.43. The third-order valence-corrected chi connectivity index (χ3v) is 2.77. The molecule has 0 aliphatic heterocycles. The molecule has 0 aliphatic carbocycles. The van der Waals surface area contributed by atoms with Gasteiger partial charge in [-0.15, -0.1) is 6.42 Å². The molecule has 4 heteroatoms. The second kappa shape index (κ2) is 5.86. The lowest BCUT2D eigenvalue weighted by Gasteiger charge is -2.09. The number of halogens is 2. The maximum absolute atomic E-state index is 13.7. The van der Waals surface area contributed by atoms with Gasteiger partial charge in [0.2, 0.25) is 0 Å². The van der Waals surface area contributed by atoms with Gasteiger partial charge < -0.3 is 5.32 Å². The summed E-state index contributed by atoms with van der Waals surface area (Å²) in [5.41, 5.74) is 1.19. The molecular formula is C16H10F2N2. The molecule has 2 nitrogen and oxygen atoms in total. The molecule has 0 bridgehead atoms. The SMILES string of the molecule is C#Cc1cccc(NCc2c(F)cc(C#N)cc2F)c1. The van der Waals surface area contributed by atoms with Gasteiger partial charge in [-0.2, -0.15) is 5.26 Å². The fourth-order valence-electron chi connectivity index (χ4n) is 1.75. The van der Waals surface area contributed by atoms with Crippen LogP contribution in [-0.2, 0) is 6.54 Å². The zero-order valence-electron chi connectivity index (χ0n) is 10.5. The maximum atomic E-state index is 13.7. The van der Waals surface area contributed by atoms with Crippen molar-refractivity contribution >= 4 is 5.69 Å². The molecule has 0 amide bonds. The molecule has 0 aliphatic rings. The molecule has 0 saturated heterocycles. The molecule has 0 fully saturated rings. The Kier molecular flexibility index (Phi) is 3.98. The van der Waals surface area contributed by atoms with Crippen LogP contribution in [0.1, 0.15) is 16.7 Å². The molecule has 1 N–H and O–H groups in total. The van der Waals surface area contributed by atoms with Crippen LogP contribution in [0.25, 0.3) is 0 Å². The number of anilines is 1. The van der Waals surface area contributed by atoms with Crippen LogP contribution < -0.4 is 5.32 Å². The van der Waals surface area contributed by atoms with Crippen molar-refractivity contribution in [2.45, 2.75) is 6.54 Å². The van der Waals surface area contributed by atoms with E-state index in [2.05, 4.69) is 11.2 Å². The quantitative estimate of drug-likeness (QED) is 0.866. The molecule has 0 atom stereocenters. The first-order valence-corrected chi connectivity index (χ1v) is 5.82. The standard InChI is InChI=1S/C16H10F2N2/c1-2-11-4-3-5-13(6-11)20-10-14-15(17)7-12(9-19)8-16(14)18/h1,3-8,20H,10H2. The molecule has 0 aromatic heterocycles. The second-order valence-electron chi connectivity index (χ2n) is 4.11. The molecule has 98 valence electrons. The summed E-state index contributed by atoms with van der Waals surface area (Å²) in [4.78, 5) is 0. The third kappa shape index (κ3) is 2.93. The minimum absolute atomic E-state index is 0.0304. The monoisotopic (exact) mass is 268 g/mol. The molecule has 0 heterocycles. The van der Waals surface area contributed by atoms with Crippen molar-refractivity contribution in [2.75, 3.05) is 5.32 Å². The Morgan fingerprint density at radius 2 is 1.80 bits per heavy atom. The van der Waals surface area contributed by atoms with Crippen LogP contribution in [0.4, 0.5) is 14.5 Å². The summed E-state index contributed by atoms with van der Waals surface area (Å²) >= 11 is 0. The number of benzene rings is 2. The minimum atomic E-state index is -0.748. The molecular weight excluding hydrogens is 258 g/mol. The zero-order chi connectivity index (χ0) is 14.5. The van der Waals surface area contributed by atoms with Crippen LogP contribution in [0.15, 0.2) is 36.4 Å². The van der Waals surface area contributed by atoms with Crippen LogP contribution in [0.5, 0.6) is 0 Å². The van der Waals surface area contributed by atoms with Crippen molar-refractivity contribution in [3.63, 3.8) is 0 Å². The van der Waals surface area contributed by atoms with Crippen molar-refractivity contribution in [2.24, 2.45) is 0 Å². The van der Waals surface area contributed by atoms with E-state index in [-0.39, 0.29) is 17.7 Å². The number of nitriles is 1. The van der Waals surface area contributed by atoms with Crippen LogP contribution in [-0.4, -0.2) is 0 Å². The van der Waals surface area contributed by atoms with Gasteiger partial charge in [0, 0.05) is 23.4 Å². The molecule has 0 radical (unpaired) electrons. The molecule has 2 aromatic rings. The Bertz CT molecular complexity index is 701. The number of terminal acetylenes is 1. The van der Waals surface area contributed by atoms with Crippen molar-refractivity contribution in [3.05, 3.63) is 64.7 Å². The fraction of sp³-hybridized carbons (Fsp3) is 0.0625. The minimum Gasteiger partial charge on any atom is -0.381 e. The Morgan fingerprint density at radius 1 is 1.10 bits per heavy atom. The molecule has 2 aromatic carbocycles. The number of hydrogen-bond donors (Lipinski definition) is 1. The van der Waals surface area contributed by atoms with E-state index in [1.54, 1.807) is 30.3 Å². The average Bonchev–Trinajstić information content (AvgIpc) is 2.46. The molecule has 0 saturated carbocycles. The molecule has 20 heavy (non-hydrogen) atoms. The lowest BCUT2D eigenvalue weighted by atomic mass is 10.1. The summed E-state index contributed by atoms with van der Waals surface area (Å²) in [6, 6.07) is 10.7. The topological polar surface area (TPSA) is 35.8 Å².